The lowest BCUT2D eigenvalue weighted by Gasteiger charge is -2.23. The van der Waals surface area contributed by atoms with Gasteiger partial charge in [-0.15, -0.1) is 0 Å². The molecule has 2 aliphatic carbocycles. The van der Waals surface area contributed by atoms with Crippen LogP contribution >= 0.6 is 0 Å². The van der Waals surface area contributed by atoms with E-state index >= 15 is 0 Å². The minimum Gasteiger partial charge on any atom is -0.397 e. The molecule has 474 valence electrons. The van der Waals surface area contributed by atoms with Crippen molar-refractivity contribution in [2.24, 2.45) is 5.73 Å². The Morgan fingerprint density at radius 1 is 0.440 bits per heavy atom. The molecule has 91 heavy (non-hydrogen) atoms. The van der Waals surface area contributed by atoms with Gasteiger partial charge in [0.2, 0.25) is 17.7 Å². The lowest BCUT2D eigenvalue weighted by molar-refractivity contribution is -0.122. The topological polar surface area (TPSA) is 447 Å². The van der Waals surface area contributed by atoms with Gasteiger partial charge in [-0.05, 0) is 97.7 Å². The maximum Gasteiger partial charge on any atom is 0.296 e. The molecule has 0 bridgehead atoms. The summed E-state index contributed by atoms with van der Waals surface area (Å²) in [5, 5.41) is 17.2. The molecule has 3 amide bonds. The summed E-state index contributed by atoms with van der Waals surface area (Å²) in [6, 6.07) is 29.1. The number of hydrogen-bond acceptors (Lipinski definition) is 21. The van der Waals surface area contributed by atoms with Gasteiger partial charge in [-0.2, -0.15) is 16.8 Å². The molecule has 0 fully saturated rings. The molecule has 0 saturated heterocycles. The standard InChI is InChI=1S/C61H59N9O17S4/c62-55-47(90(82,83)84)30-45(51-53(55)59(75)43-15-3-1-13-41(43)57(51)73)69-37-9-5-11-39(28-37)88(78,79)23-21-65-19-7-17-49(71)67-32-34-25-35(27-36(26-34)61(64)77)33-68-50(72)18-8-20-66-22-24-89(80,81)40-12-6-10-38(29-40)70-46-31-48(91(85,86)87)56(63)54-52(46)58(74)42-14-2-4-16-44(42)60(54)76/h1-6,9-16,25-31,65-66,69-70H,7-8,17-24,32-33,62-63H2,(H2,64,77)(H,67,71)(H,68,72)(H,82,83,84)(H,85,86,87). The number of ketones is 4. The van der Waals surface area contributed by atoms with Crippen LogP contribution in [0.25, 0.3) is 0 Å². The van der Waals surface area contributed by atoms with Crippen molar-refractivity contribution in [1.29, 1.82) is 0 Å². The van der Waals surface area contributed by atoms with Crippen LogP contribution in [0.15, 0.2) is 147 Å². The summed E-state index contributed by atoms with van der Waals surface area (Å²) in [6.07, 6.45) is 0.708. The molecule has 2 aliphatic rings. The quantitative estimate of drug-likeness (QED) is 0.0193. The zero-order chi connectivity index (χ0) is 65.7. The summed E-state index contributed by atoms with van der Waals surface area (Å²) in [7, 11) is -17.9. The fourth-order valence-corrected chi connectivity index (χ4v) is 14.2. The molecule has 26 nitrogen and oxygen atoms in total. The van der Waals surface area contributed by atoms with Gasteiger partial charge in [-0.25, -0.2) is 16.8 Å². The Labute approximate surface area is 522 Å². The summed E-state index contributed by atoms with van der Waals surface area (Å²) >= 11 is 0. The number of amides is 3. The molecule has 0 aliphatic heterocycles. The van der Waals surface area contributed by atoms with E-state index < -0.39 is 101 Å². The van der Waals surface area contributed by atoms with Crippen molar-refractivity contribution in [3.05, 3.63) is 189 Å². The maximum atomic E-state index is 13.7. The van der Waals surface area contributed by atoms with Gasteiger partial charge in [0.25, 0.3) is 20.2 Å². The van der Waals surface area contributed by atoms with E-state index in [0.29, 0.717) is 24.0 Å². The van der Waals surface area contributed by atoms with Gasteiger partial charge in [-0.3, -0.25) is 42.7 Å². The highest BCUT2D eigenvalue weighted by Crippen LogP contribution is 2.42. The van der Waals surface area contributed by atoms with Crippen LogP contribution in [0.1, 0.15) is 111 Å². The van der Waals surface area contributed by atoms with Gasteiger partial charge in [0.05, 0.1) is 66.3 Å². The molecule has 7 aromatic rings. The normalized spacial score (nSPS) is 12.9. The van der Waals surface area contributed by atoms with Crippen LogP contribution in [0.5, 0.6) is 0 Å². The van der Waals surface area contributed by atoms with Crippen molar-refractivity contribution >= 4 is 115 Å². The molecule has 0 spiro atoms. The number of sulfone groups is 2. The Hall–Kier alpha value is -9.53. The average molecular weight is 1320 g/mol. The number of anilines is 6. The first-order valence-electron chi connectivity index (χ1n) is 27.9. The van der Waals surface area contributed by atoms with Crippen LogP contribution in [0.2, 0.25) is 0 Å². The van der Waals surface area contributed by atoms with Crippen LogP contribution in [-0.2, 0) is 62.6 Å². The first-order valence-corrected chi connectivity index (χ1v) is 34.0. The van der Waals surface area contributed by atoms with Gasteiger partial charge in [0, 0.05) is 78.2 Å². The lowest BCUT2D eigenvalue weighted by atomic mass is 9.82. The van der Waals surface area contributed by atoms with E-state index in [9.17, 15) is 76.3 Å². The first-order chi connectivity index (χ1) is 43.0. The van der Waals surface area contributed by atoms with Gasteiger partial charge >= 0.3 is 0 Å². The van der Waals surface area contributed by atoms with Crippen LogP contribution in [-0.4, -0.2) is 121 Å². The number of carbonyl (C=O) groups is 7. The van der Waals surface area contributed by atoms with E-state index in [-0.39, 0.29) is 147 Å². The molecule has 7 aromatic carbocycles. The van der Waals surface area contributed by atoms with E-state index in [2.05, 4.69) is 31.9 Å². The molecular weight excluding hydrogens is 1260 g/mol. The number of carbonyl (C=O) groups excluding carboxylic acids is 7. The highest BCUT2D eigenvalue weighted by atomic mass is 32.2. The number of primary amides is 1. The zero-order valence-electron chi connectivity index (χ0n) is 48.0. The van der Waals surface area contributed by atoms with Crippen molar-refractivity contribution in [3.8, 4) is 0 Å². The third kappa shape index (κ3) is 14.9. The van der Waals surface area contributed by atoms with E-state index in [1.807, 2.05) is 0 Å². The van der Waals surface area contributed by atoms with Crippen LogP contribution < -0.4 is 49.1 Å². The first kappa shape index (κ1) is 65.9. The van der Waals surface area contributed by atoms with Gasteiger partial charge in [-0.1, -0.05) is 66.7 Å². The zero-order valence-corrected chi connectivity index (χ0v) is 51.3. The second-order valence-electron chi connectivity index (χ2n) is 21.1. The number of nitrogen functional groups attached to an aromatic ring is 2. The molecule has 0 aromatic heterocycles. The Kier molecular flexibility index (Phi) is 19.5. The summed E-state index contributed by atoms with van der Waals surface area (Å²) < 4.78 is 123. The number of rotatable bonds is 27. The van der Waals surface area contributed by atoms with E-state index in [4.69, 9.17) is 17.2 Å². The van der Waals surface area contributed by atoms with Gasteiger partial charge < -0.3 is 49.1 Å². The molecule has 9 rings (SSSR count). The molecule has 30 heteroatoms. The number of hydrogen-bond donors (Lipinski definition) is 11. The Balaban J connectivity index is 0.697. The van der Waals surface area contributed by atoms with E-state index in [0.717, 1.165) is 12.1 Å². The second kappa shape index (κ2) is 26.9. The Morgan fingerprint density at radius 3 is 1.15 bits per heavy atom. The SMILES string of the molecule is NC(=O)c1cc(CNC(=O)CCCNCCS(=O)(=O)c2cccc(Nc3cc(S(=O)(=O)O)c(N)c4c3C(=O)c3ccccc3C4=O)c2)cc(CNC(=O)CCCNCCS(=O)(=O)c2cccc(Nc3cc(S(=O)(=O)O)c(N)c4c3C(=O)c3ccccc3C4=O)c2)c1. The number of nitrogens with two attached hydrogens (primary N) is 3. The van der Waals surface area contributed by atoms with Crippen LogP contribution in [0.3, 0.4) is 0 Å². The summed E-state index contributed by atoms with van der Waals surface area (Å²) in [6.45, 7) is 0.490. The fraction of sp³-hybridized carbons (Fsp3) is 0.197. The van der Waals surface area contributed by atoms with Crippen molar-refractivity contribution in [2.75, 3.05) is 59.8 Å². The smallest absolute Gasteiger partial charge is 0.296 e. The predicted molar refractivity (Wildman–Crippen MR) is 334 cm³/mol. The van der Waals surface area contributed by atoms with Crippen molar-refractivity contribution in [1.82, 2.24) is 21.3 Å². The number of nitrogens with one attached hydrogen (secondary N) is 6. The molecule has 0 atom stereocenters. The molecule has 14 N–H and O–H groups in total. The highest BCUT2D eigenvalue weighted by Gasteiger charge is 2.38. The minimum absolute atomic E-state index is 0.00191. The monoisotopic (exact) mass is 1320 g/mol. The molecule has 0 saturated carbocycles. The molecule has 0 heterocycles. The van der Waals surface area contributed by atoms with Gasteiger partial charge in [0.15, 0.2) is 42.8 Å². The molecule has 0 radical (unpaired) electrons. The summed E-state index contributed by atoms with van der Waals surface area (Å²) in [5.41, 5.74) is 16.0. The highest BCUT2D eigenvalue weighted by molar-refractivity contribution is 7.91. The van der Waals surface area contributed by atoms with E-state index in [1.54, 1.807) is 18.2 Å². The van der Waals surface area contributed by atoms with Crippen molar-refractivity contribution in [2.45, 2.75) is 58.4 Å². The third-order valence-corrected chi connectivity index (χ3v) is 20.0. The predicted octanol–water partition coefficient (Wildman–Crippen LogP) is 4.40. The Morgan fingerprint density at radius 2 is 0.802 bits per heavy atom. The number of fused-ring (bicyclic) bond motifs is 4. The van der Waals surface area contributed by atoms with Crippen molar-refractivity contribution in [3.63, 3.8) is 0 Å². The fourth-order valence-electron chi connectivity index (χ4n) is 10.4. The van der Waals surface area contributed by atoms with Gasteiger partial charge in [0.1, 0.15) is 9.79 Å². The Bertz CT molecular complexity index is 4390. The van der Waals surface area contributed by atoms with E-state index in [1.165, 1.54) is 97.1 Å². The lowest BCUT2D eigenvalue weighted by Crippen LogP contribution is -2.27. The average Bonchev–Trinajstić information content (AvgIpc) is 0.746. The van der Waals surface area contributed by atoms with Crippen molar-refractivity contribution < 1.29 is 76.3 Å². The molecule has 0 unspecified atom stereocenters. The number of benzene rings is 7. The largest absolute Gasteiger partial charge is 0.397 e. The summed E-state index contributed by atoms with van der Waals surface area (Å²) in [4.78, 5) is 90.5. The van der Waals surface area contributed by atoms with Crippen LogP contribution in [0, 0.1) is 0 Å². The summed E-state index contributed by atoms with van der Waals surface area (Å²) in [5.74, 6) is -5.01. The maximum absolute atomic E-state index is 13.7. The van der Waals surface area contributed by atoms with Crippen LogP contribution in [0.4, 0.5) is 34.1 Å². The minimum atomic E-state index is -5.01. The molecular formula is C61H59N9O17S4. The second-order valence-corrected chi connectivity index (χ2v) is 28.1. The third-order valence-electron chi connectivity index (χ3n) is 14.8.